The van der Waals surface area contributed by atoms with Crippen molar-refractivity contribution in [1.29, 1.82) is 0 Å². The molecule has 3 heteroatoms. The smallest absolute Gasteiger partial charge is 0.309 e. The van der Waals surface area contributed by atoms with Crippen LogP contribution in [0.2, 0.25) is 0 Å². The van der Waals surface area contributed by atoms with Gasteiger partial charge in [0.15, 0.2) is 0 Å². The summed E-state index contributed by atoms with van der Waals surface area (Å²) < 4.78 is 0. The number of rotatable bonds is 5. The fourth-order valence-corrected chi connectivity index (χ4v) is 2.67. The number of carboxylic acid groups (broad SMARTS) is 1. The van der Waals surface area contributed by atoms with Gasteiger partial charge in [-0.3, -0.25) is 4.79 Å². The quantitative estimate of drug-likeness (QED) is 0.736. The van der Waals surface area contributed by atoms with Crippen LogP contribution in [0.25, 0.3) is 0 Å². The third-order valence-electron chi connectivity index (χ3n) is 3.54. The van der Waals surface area contributed by atoms with Crippen LogP contribution in [0.4, 0.5) is 0 Å². The summed E-state index contributed by atoms with van der Waals surface area (Å²) in [6.07, 6.45) is 4.71. The third kappa shape index (κ3) is 3.20. The van der Waals surface area contributed by atoms with Crippen molar-refractivity contribution in [2.24, 2.45) is 11.3 Å². The van der Waals surface area contributed by atoms with E-state index in [-0.39, 0.29) is 0 Å². The van der Waals surface area contributed by atoms with E-state index < -0.39 is 11.4 Å². The monoisotopic (exact) mass is 213 g/mol. The topological polar surface area (TPSA) is 49.3 Å². The first-order valence-electron chi connectivity index (χ1n) is 6.05. The van der Waals surface area contributed by atoms with Crippen molar-refractivity contribution >= 4 is 5.97 Å². The standard InChI is InChI=1S/C12H23NO2/c1-3-4-10(2)9-12(11(14)15)5-7-13-8-6-12/h10,13H,3-9H2,1-2H3,(H,14,15). The summed E-state index contributed by atoms with van der Waals surface area (Å²) in [6.45, 7) is 6.04. The molecule has 1 saturated heterocycles. The van der Waals surface area contributed by atoms with Crippen LogP contribution in [0, 0.1) is 11.3 Å². The molecule has 0 radical (unpaired) electrons. The van der Waals surface area contributed by atoms with Crippen molar-refractivity contribution in [2.45, 2.75) is 46.0 Å². The number of nitrogens with one attached hydrogen (secondary N) is 1. The summed E-state index contributed by atoms with van der Waals surface area (Å²) in [5, 5.41) is 12.6. The molecule has 0 bridgehead atoms. The highest BCUT2D eigenvalue weighted by molar-refractivity contribution is 5.74. The average Bonchev–Trinajstić information content (AvgIpc) is 2.19. The molecule has 3 nitrogen and oxygen atoms in total. The van der Waals surface area contributed by atoms with E-state index in [1.54, 1.807) is 0 Å². The molecule has 0 amide bonds. The van der Waals surface area contributed by atoms with Crippen LogP contribution < -0.4 is 5.32 Å². The number of hydrogen-bond donors (Lipinski definition) is 2. The Labute approximate surface area is 92.3 Å². The minimum atomic E-state index is -0.591. The fourth-order valence-electron chi connectivity index (χ4n) is 2.67. The van der Waals surface area contributed by atoms with Gasteiger partial charge in [-0.15, -0.1) is 0 Å². The number of carbonyl (C=O) groups is 1. The second-order valence-electron chi connectivity index (χ2n) is 4.93. The van der Waals surface area contributed by atoms with Gasteiger partial charge >= 0.3 is 5.97 Å². The molecule has 15 heavy (non-hydrogen) atoms. The molecule has 1 rings (SSSR count). The molecule has 0 aliphatic carbocycles. The first-order chi connectivity index (χ1) is 7.10. The first kappa shape index (κ1) is 12.5. The van der Waals surface area contributed by atoms with Crippen molar-refractivity contribution in [3.63, 3.8) is 0 Å². The zero-order valence-corrected chi connectivity index (χ0v) is 9.88. The van der Waals surface area contributed by atoms with Gasteiger partial charge in [0.1, 0.15) is 0 Å². The van der Waals surface area contributed by atoms with Gasteiger partial charge < -0.3 is 10.4 Å². The van der Waals surface area contributed by atoms with Crippen molar-refractivity contribution in [2.75, 3.05) is 13.1 Å². The van der Waals surface area contributed by atoms with E-state index >= 15 is 0 Å². The van der Waals surface area contributed by atoms with Crippen LogP contribution >= 0.6 is 0 Å². The SMILES string of the molecule is CCCC(C)CC1(C(=O)O)CCNCC1. The average molecular weight is 213 g/mol. The van der Waals surface area contributed by atoms with E-state index in [1.165, 1.54) is 0 Å². The molecule has 0 spiro atoms. The molecule has 1 unspecified atom stereocenters. The minimum Gasteiger partial charge on any atom is -0.481 e. The van der Waals surface area contributed by atoms with Gasteiger partial charge in [-0.05, 0) is 38.3 Å². The molecule has 1 aliphatic rings. The van der Waals surface area contributed by atoms with E-state index in [4.69, 9.17) is 0 Å². The number of hydrogen-bond acceptors (Lipinski definition) is 2. The van der Waals surface area contributed by atoms with Gasteiger partial charge in [-0.1, -0.05) is 26.7 Å². The Hall–Kier alpha value is -0.570. The molecule has 0 aromatic rings. The van der Waals surface area contributed by atoms with Crippen LogP contribution in [0.15, 0.2) is 0 Å². The van der Waals surface area contributed by atoms with Gasteiger partial charge in [0.05, 0.1) is 5.41 Å². The Bertz CT molecular complexity index is 210. The third-order valence-corrected chi connectivity index (χ3v) is 3.54. The highest BCUT2D eigenvalue weighted by Crippen LogP contribution is 2.37. The maximum absolute atomic E-state index is 11.4. The van der Waals surface area contributed by atoms with Gasteiger partial charge in [-0.2, -0.15) is 0 Å². The summed E-state index contributed by atoms with van der Waals surface area (Å²) in [4.78, 5) is 11.4. The highest BCUT2D eigenvalue weighted by Gasteiger charge is 2.40. The summed E-state index contributed by atoms with van der Waals surface area (Å²) in [7, 11) is 0. The molecule has 0 aromatic heterocycles. The van der Waals surface area contributed by atoms with Crippen molar-refractivity contribution in [3.05, 3.63) is 0 Å². The van der Waals surface area contributed by atoms with Crippen LogP contribution in [-0.2, 0) is 4.79 Å². The largest absolute Gasteiger partial charge is 0.481 e. The van der Waals surface area contributed by atoms with Crippen LogP contribution in [0.5, 0.6) is 0 Å². The summed E-state index contributed by atoms with van der Waals surface area (Å²) in [5.74, 6) is -0.0591. The van der Waals surface area contributed by atoms with E-state index in [9.17, 15) is 9.90 Å². The van der Waals surface area contributed by atoms with Crippen molar-refractivity contribution in [1.82, 2.24) is 5.32 Å². The lowest BCUT2D eigenvalue weighted by Gasteiger charge is -2.35. The normalized spacial score (nSPS) is 22.3. The lowest BCUT2D eigenvalue weighted by molar-refractivity contribution is -0.152. The Kier molecular flexibility index (Phi) is 4.58. The number of aliphatic carboxylic acids is 1. The van der Waals surface area contributed by atoms with Crippen LogP contribution in [-0.4, -0.2) is 24.2 Å². The minimum absolute atomic E-state index is 0.445. The Morgan fingerprint density at radius 3 is 2.53 bits per heavy atom. The lowest BCUT2D eigenvalue weighted by Crippen LogP contribution is -2.43. The second kappa shape index (κ2) is 5.50. The zero-order valence-electron chi connectivity index (χ0n) is 9.88. The maximum Gasteiger partial charge on any atom is 0.309 e. The Morgan fingerprint density at radius 2 is 2.07 bits per heavy atom. The van der Waals surface area contributed by atoms with Gasteiger partial charge in [0.2, 0.25) is 0 Å². The molecule has 0 aromatic carbocycles. The molecule has 0 saturated carbocycles. The molecular formula is C12H23NO2. The first-order valence-corrected chi connectivity index (χ1v) is 6.05. The molecule has 1 aliphatic heterocycles. The Morgan fingerprint density at radius 1 is 1.47 bits per heavy atom. The van der Waals surface area contributed by atoms with Gasteiger partial charge in [0.25, 0.3) is 0 Å². The maximum atomic E-state index is 11.4. The molecule has 1 fully saturated rings. The van der Waals surface area contributed by atoms with Crippen LogP contribution in [0.1, 0.15) is 46.0 Å². The molecular weight excluding hydrogens is 190 g/mol. The predicted octanol–water partition coefficient (Wildman–Crippen LogP) is 2.27. The van der Waals surface area contributed by atoms with E-state index in [1.807, 2.05) is 0 Å². The predicted molar refractivity (Wildman–Crippen MR) is 60.9 cm³/mol. The van der Waals surface area contributed by atoms with Crippen molar-refractivity contribution < 1.29 is 9.90 Å². The Balaban J connectivity index is 2.60. The zero-order chi connectivity index (χ0) is 11.3. The van der Waals surface area contributed by atoms with Crippen LogP contribution in [0.3, 0.4) is 0 Å². The number of piperidine rings is 1. The summed E-state index contributed by atoms with van der Waals surface area (Å²) in [5.41, 5.74) is -0.445. The second-order valence-corrected chi connectivity index (χ2v) is 4.93. The summed E-state index contributed by atoms with van der Waals surface area (Å²) in [6, 6.07) is 0. The van der Waals surface area contributed by atoms with E-state index in [0.29, 0.717) is 5.92 Å². The molecule has 2 N–H and O–H groups in total. The summed E-state index contributed by atoms with van der Waals surface area (Å²) >= 11 is 0. The lowest BCUT2D eigenvalue weighted by atomic mass is 9.72. The van der Waals surface area contributed by atoms with Gasteiger partial charge in [0, 0.05) is 0 Å². The fraction of sp³-hybridized carbons (Fsp3) is 0.917. The van der Waals surface area contributed by atoms with Gasteiger partial charge in [-0.25, -0.2) is 0 Å². The van der Waals surface area contributed by atoms with E-state index in [2.05, 4.69) is 19.2 Å². The molecule has 1 heterocycles. The van der Waals surface area contributed by atoms with E-state index in [0.717, 1.165) is 45.2 Å². The molecule has 1 atom stereocenters. The number of carboxylic acids is 1. The molecule has 88 valence electrons. The highest BCUT2D eigenvalue weighted by atomic mass is 16.4. The van der Waals surface area contributed by atoms with Crippen molar-refractivity contribution in [3.8, 4) is 0 Å².